The average Bonchev–Trinajstić information content (AvgIpc) is 3.37. The maximum absolute atomic E-state index is 12.3. The van der Waals surface area contributed by atoms with Crippen molar-refractivity contribution in [1.29, 1.82) is 5.26 Å². The number of hydrogen-bond acceptors (Lipinski definition) is 3. The Morgan fingerprint density at radius 2 is 2.00 bits per heavy atom. The molecule has 2 aliphatic carbocycles. The third-order valence-electron chi connectivity index (χ3n) is 5.34. The van der Waals surface area contributed by atoms with E-state index in [0.717, 1.165) is 31.4 Å². The minimum Gasteiger partial charge on any atom is -0.376 e. The van der Waals surface area contributed by atoms with Crippen molar-refractivity contribution in [2.75, 3.05) is 11.9 Å². The van der Waals surface area contributed by atoms with Crippen LogP contribution >= 0.6 is 0 Å². The number of rotatable bonds is 5. The van der Waals surface area contributed by atoms with Crippen molar-refractivity contribution in [1.82, 2.24) is 5.32 Å². The van der Waals surface area contributed by atoms with Gasteiger partial charge in [0, 0.05) is 11.1 Å². The fourth-order valence-electron chi connectivity index (χ4n) is 3.79. The molecule has 2 aromatic rings. The van der Waals surface area contributed by atoms with Crippen molar-refractivity contribution < 1.29 is 4.79 Å². The lowest BCUT2D eigenvalue weighted by Crippen LogP contribution is -2.48. The molecule has 2 N–H and O–H groups in total. The highest BCUT2D eigenvalue weighted by Gasteiger charge is 2.42. The summed E-state index contributed by atoms with van der Waals surface area (Å²) in [7, 11) is 0. The van der Waals surface area contributed by atoms with Crippen molar-refractivity contribution in [2.45, 2.75) is 38.1 Å². The molecule has 0 aromatic heterocycles. The Balaban J connectivity index is 1.50. The normalized spacial score (nSPS) is 18.0. The van der Waals surface area contributed by atoms with E-state index in [1.54, 1.807) is 0 Å². The zero-order valence-corrected chi connectivity index (χ0v) is 13.9. The van der Waals surface area contributed by atoms with Crippen molar-refractivity contribution in [3.8, 4) is 6.07 Å². The fourth-order valence-corrected chi connectivity index (χ4v) is 3.79. The van der Waals surface area contributed by atoms with E-state index in [1.807, 2.05) is 6.92 Å². The van der Waals surface area contributed by atoms with Gasteiger partial charge in [0.25, 0.3) is 0 Å². The van der Waals surface area contributed by atoms with Crippen LogP contribution in [0.2, 0.25) is 0 Å². The van der Waals surface area contributed by atoms with Crippen LogP contribution in [0.3, 0.4) is 0 Å². The van der Waals surface area contributed by atoms with E-state index in [-0.39, 0.29) is 12.5 Å². The molecule has 4 heteroatoms. The molecule has 1 fully saturated rings. The van der Waals surface area contributed by atoms with Crippen molar-refractivity contribution >= 4 is 22.4 Å². The molecule has 24 heavy (non-hydrogen) atoms. The number of hydrogen-bond donors (Lipinski definition) is 2. The largest absolute Gasteiger partial charge is 0.376 e. The molecular formula is C20H21N3O. The van der Waals surface area contributed by atoms with Gasteiger partial charge in [0.1, 0.15) is 5.54 Å². The molecule has 0 radical (unpaired) electrons. The molecule has 4 nitrogen and oxygen atoms in total. The molecule has 2 aliphatic rings. The summed E-state index contributed by atoms with van der Waals surface area (Å²) in [6, 6.07) is 12.9. The summed E-state index contributed by atoms with van der Waals surface area (Å²) >= 11 is 0. The first-order valence-electron chi connectivity index (χ1n) is 8.60. The second-order valence-corrected chi connectivity index (χ2v) is 7.10. The predicted molar refractivity (Wildman–Crippen MR) is 94.7 cm³/mol. The van der Waals surface area contributed by atoms with Crippen LogP contribution in [0.15, 0.2) is 30.3 Å². The third-order valence-corrected chi connectivity index (χ3v) is 5.34. The van der Waals surface area contributed by atoms with E-state index < -0.39 is 5.54 Å². The van der Waals surface area contributed by atoms with Gasteiger partial charge in [-0.1, -0.05) is 24.3 Å². The highest BCUT2D eigenvalue weighted by molar-refractivity contribution is 6.00. The number of benzene rings is 2. The Labute approximate surface area is 141 Å². The number of nitrogens with zero attached hydrogens (tertiary/aromatic N) is 1. The van der Waals surface area contributed by atoms with Gasteiger partial charge >= 0.3 is 0 Å². The summed E-state index contributed by atoms with van der Waals surface area (Å²) in [5, 5.41) is 18.0. The first-order valence-corrected chi connectivity index (χ1v) is 8.60. The molecule has 122 valence electrons. The molecule has 0 bridgehead atoms. The molecular weight excluding hydrogens is 298 g/mol. The van der Waals surface area contributed by atoms with Crippen LogP contribution in [0, 0.1) is 17.2 Å². The van der Waals surface area contributed by atoms with E-state index in [1.165, 1.54) is 21.9 Å². The second kappa shape index (κ2) is 5.52. The van der Waals surface area contributed by atoms with E-state index in [4.69, 9.17) is 0 Å². The Morgan fingerprint density at radius 1 is 1.25 bits per heavy atom. The summed E-state index contributed by atoms with van der Waals surface area (Å²) in [4.78, 5) is 12.3. The molecule has 1 atom stereocenters. The molecule has 0 spiro atoms. The summed E-state index contributed by atoms with van der Waals surface area (Å²) in [5.74, 6) is 0.164. The molecule has 1 amide bonds. The van der Waals surface area contributed by atoms with Gasteiger partial charge in [0.2, 0.25) is 5.91 Å². The van der Waals surface area contributed by atoms with E-state index >= 15 is 0 Å². The van der Waals surface area contributed by atoms with E-state index in [0.29, 0.717) is 5.92 Å². The SMILES string of the molecule is CC(C#N)(NC(=O)CNc1ccc2c3c(cccc13)CC2)C1CC1. The van der Waals surface area contributed by atoms with Gasteiger partial charge in [-0.15, -0.1) is 0 Å². The van der Waals surface area contributed by atoms with Gasteiger partial charge in [0.15, 0.2) is 0 Å². The Morgan fingerprint density at radius 3 is 2.71 bits per heavy atom. The summed E-state index contributed by atoms with van der Waals surface area (Å²) in [5.41, 5.74) is 3.03. The topological polar surface area (TPSA) is 64.9 Å². The number of aryl methyl sites for hydroxylation is 2. The minimum atomic E-state index is -0.735. The lowest BCUT2D eigenvalue weighted by molar-refractivity contribution is -0.120. The summed E-state index contributed by atoms with van der Waals surface area (Å²) in [6.07, 6.45) is 4.23. The number of anilines is 1. The summed E-state index contributed by atoms with van der Waals surface area (Å²) < 4.78 is 0. The lowest BCUT2D eigenvalue weighted by Gasteiger charge is -2.23. The van der Waals surface area contributed by atoms with Gasteiger partial charge in [0.05, 0.1) is 12.6 Å². The van der Waals surface area contributed by atoms with Crippen LogP contribution < -0.4 is 10.6 Å². The quantitative estimate of drug-likeness (QED) is 0.890. The highest BCUT2D eigenvalue weighted by atomic mass is 16.2. The zero-order chi connectivity index (χ0) is 16.7. The number of carbonyl (C=O) groups excluding carboxylic acids is 1. The van der Waals surface area contributed by atoms with Crippen LogP contribution in [0.25, 0.3) is 10.8 Å². The zero-order valence-electron chi connectivity index (χ0n) is 13.9. The van der Waals surface area contributed by atoms with Crippen LogP contribution in [0.1, 0.15) is 30.9 Å². The lowest BCUT2D eigenvalue weighted by atomic mass is 9.98. The van der Waals surface area contributed by atoms with Crippen molar-refractivity contribution in [3.63, 3.8) is 0 Å². The standard InChI is InChI=1S/C20H21N3O/c1-20(12-21,15-8-9-15)23-18(24)11-22-17-10-7-14-6-5-13-3-2-4-16(17)19(13)14/h2-4,7,10,15,22H,5-6,8-9,11H2,1H3,(H,23,24). The minimum absolute atomic E-state index is 0.130. The van der Waals surface area contributed by atoms with E-state index in [2.05, 4.69) is 47.0 Å². The molecule has 0 heterocycles. The number of carbonyl (C=O) groups is 1. The van der Waals surface area contributed by atoms with Gasteiger partial charge < -0.3 is 10.6 Å². The van der Waals surface area contributed by atoms with Crippen LogP contribution in [-0.2, 0) is 17.6 Å². The molecule has 2 aromatic carbocycles. The van der Waals surface area contributed by atoms with Crippen molar-refractivity contribution in [3.05, 3.63) is 41.5 Å². The smallest absolute Gasteiger partial charge is 0.240 e. The van der Waals surface area contributed by atoms with Gasteiger partial charge in [-0.25, -0.2) is 0 Å². The molecule has 0 saturated heterocycles. The Bertz CT molecular complexity index is 853. The van der Waals surface area contributed by atoms with Crippen LogP contribution in [0.5, 0.6) is 0 Å². The van der Waals surface area contributed by atoms with Crippen molar-refractivity contribution in [2.24, 2.45) is 5.92 Å². The maximum atomic E-state index is 12.3. The van der Waals surface area contributed by atoms with Gasteiger partial charge in [-0.3, -0.25) is 4.79 Å². The molecule has 0 aliphatic heterocycles. The van der Waals surface area contributed by atoms with Gasteiger partial charge in [-0.2, -0.15) is 5.26 Å². The Kier molecular flexibility index (Phi) is 3.45. The number of amides is 1. The average molecular weight is 319 g/mol. The third kappa shape index (κ3) is 2.50. The Hall–Kier alpha value is -2.54. The number of nitrogens with one attached hydrogen (secondary N) is 2. The molecule has 1 saturated carbocycles. The number of nitriles is 1. The van der Waals surface area contributed by atoms with Gasteiger partial charge in [-0.05, 0) is 61.1 Å². The van der Waals surface area contributed by atoms with Crippen LogP contribution in [0.4, 0.5) is 5.69 Å². The second-order valence-electron chi connectivity index (χ2n) is 7.10. The first-order chi connectivity index (χ1) is 11.6. The fraction of sp³-hybridized carbons (Fsp3) is 0.400. The molecule has 4 rings (SSSR count). The summed E-state index contributed by atoms with van der Waals surface area (Å²) in [6.45, 7) is 2.00. The first kappa shape index (κ1) is 15.0. The van der Waals surface area contributed by atoms with Crippen LogP contribution in [-0.4, -0.2) is 18.0 Å². The monoisotopic (exact) mass is 319 g/mol. The highest BCUT2D eigenvalue weighted by Crippen LogP contribution is 2.39. The maximum Gasteiger partial charge on any atom is 0.240 e. The van der Waals surface area contributed by atoms with E-state index in [9.17, 15) is 10.1 Å². The predicted octanol–water partition coefficient (Wildman–Crippen LogP) is 3.16. The molecule has 1 unspecified atom stereocenters.